The molecule has 2 heterocycles. The van der Waals surface area contributed by atoms with E-state index in [2.05, 4.69) is 27.4 Å². The number of carbonyl (C=O) groups is 1. The lowest BCUT2D eigenvalue weighted by molar-refractivity contribution is -0.0174. The molecular weight excluding hydrogens is 316 g/mol. The van der Waals surface area contributed by atoms with Crippen LogP contribution in [0.1, 0.15) is 6.92 Å². The first kappa shape index (κ1) is 17.4. The average Bonchev–Trinajstić information content (AvgIpc) is 2.63. The Morgan fingerprint density at radius 2 is 2.16 bits per heavy atom. The molecule has 2 N–H and O–H groups in total. The molecule has 25 heavy (non-hydrogen) atoms. The normalized spacial score (nSPS) is 17.9. The van der Waals surface area contributed by atoms with Gasteiger partial charge in [-0.1, -0.05) is 30.3 Å². The van der Waals surface area contributed by atoms with Crippen LogP contribution in [0.3, 0.4) is 0 Å². The molecule has 0 radical (unpaired) electrons. The predicted molar refractivity (Wildman–Crippen MR) is 98.5 cm³/mol. The lowest BCUT2D eigenvalue weighted by atomic mass is 10.1. The summed E-state index contributed by atoms with van der Waals surface area (Å²) >= 11 is 0. The second-order valence-corrected chi connectivity index (χ2v) is 6.16. The monoisotopic (exact) mass is 340 g/mol. The Morgan fingerprint density at radius 3 is 2.96 bits per heavy atom. The van der Waals surface area contributed by atoms with Crippen LogP contribution in [0.2, 0.25) is 0 Å². The van der Waals surface area contributed by atoms with E-state index in [4.69, 9.17) is 4.74 Å². The number of hydrogen-bond acceptors (Lipinski definition) is 4. The quantitative estimate of drug-likeness (QED) is 0.878. The van der Waals surface area contributed by atoms with Crippen molar-refractivity contribution in [2.45, 2.75) is 13.0 Å². The number of rotatable bonds is 5. The second-order valence-electron chi connectivity index (χ2n) is 6.16. The molecule has 132 valence electrons. The van der Waals surface area contributed by atoms with Gasteiger partial charge in [-0.3, -0.25) is 9.88 Å². The molecule has 1 aromatic heterocycles. The number of morpholine rings is 1. The maximum Gasteiger partial charge on any atom is 0.319 e. The summed E-state index contributed by atoms with van der Waals surface area (Å²) in [5.41, 5.74) is 2.58. The Labute approximate surface area is 148 Å². The smallest absolute Gasteiger partial charge is 0.319 e. The molecule has 1 fully saturated rings. The van der Waals surface area contributed by atoms with Gasteiger partial charge >= 0.3 is 6.03 Å². The molecular formula is C19H24N4O2. The van der Waals surface area contributed by atoms with Gasteiger partial charge in [0.25, 0.3) is 0 Å². The number of pyridine rings is 1. The molecule has 3 rings (SSSR count). The Morgan fingerprint density at radius 1 is 1.32 bits per heavy atom. The van der Waals surface area contributed by atoms with Crippen LogP contribution in [-0.4, -0.2) is 54.8 Å². The minimum atomic E-state index is -0.202. The highest BCUT2D eigenvalue weighted by atomic mass is 16.5. The highest BCUT2D eigenvalue weighted by molar-refractivity contribution is 5.89. The Balaban J connectivity index is 1.48. The van der Waals surface area contributed by atoms with Gasteiger partial charge in [-0.2, -0.15) is 0 Å². The zero-order valence-electron chi connectivity index (χ0n) is 14.4. The summed E-state index contributed by atoms with van der Waals surface area (Å²) in [6, 6.07) is 13.4. The third-order valence-corrected chi connectivity index (χ3v) is 4.13. The first-order valence-corrected chi connectivity index (χ1v) is 8.61. The largest absolute Gasteiger partial charge is 0.376 e. The first-order chi connectivity index (χ1) is 12.2. The molecule has 0 bridgehead atoms. The SMILES string of the molecule is CC1CN(CCNC(=O)Nc2ccnc(-c3ccccc3)c2)CCO1. The van der Waals surface area contributed by atoms with Crippen molar-refractivity contribution in [3.05, 3.63) is 48.7 Å². The molecule has 6 heteroatoms. The highest BCUT2D eigenvalue weighted by Gasteiger charge is 2.16. The van der Waals surface area contributed by atoms with Crippen LogP contribution in [0.5, 0.6) is 0 Å². The number of urea groups is 1. The average molecular weight is 340 g/mol. The van der Waals surface area contributed by atoms with Crippen molar-refractivity contribution in [3.8, 4) is 11.3 Å². The summed E-state index contributed by atoms with van der Waals surface area (Å²) in [6.45, 7) is 6.08. The lowest BCUT2D eigenvalue weighted by Gasteiger charge is -2.30. The van der Waals surface area contributed by atoms with Crippen molar-refractivity contribution < 1.29 is 9.53 Å². The van der Waals surface area contributed by atoms with Crippen molar-refractivity contribution >= 4 is 11.7 Å². The van der Waals surface area contributed by atoms with Crippen molar-refractivity contribution in [2.24, 2.45) is 0 Å². The number of ether oxygens (including phenoxy) is 1. The Kier molecular flexibility index (Phi) is 5.98. The third kappa shape index (κ3) is 5.27. The van der Waals surface area contributed by atoms with Gasteiger partial charge in [0.2, 0.25) is 0 Å². The van der Waals surface area contributed by atoms with E-state index < -0.39 is 0 Å². The van der Waals surface area contributed by atoms with E-state index in [1.54, 1.807) is 12.3 Å². The van der Waals surface area contributed by atoms with E-state index in [9.17, 15) is 4.79 Å². The fraction of sp³-hybridized carbons (Fsp3) is 0.368. The van der Waals surface area contributed by atoms with Crippen LogP contribution < -0.4 is 10.6 Å². The van der Waals surface area contributed by atoms with E-state index in [1.165, 1.54) is 0 Å². The topological polar surface area (TPSA) is 66.5 Å². The maximum absolute atomic E-state index is 12.1. The molecule has 2 amide bonds. The van der Waals surface area contributed by atoms with Crippen LogP contribution in [0.15, 0.2) is 48.7 Å². The molecule has 6 nitrogen and oxygen atoms in total. The van der Waals surface area contributed by atoms with Crippen molar-refractivity contribution in [1.29, 1.82) is 0 Å². The zero-order valence-corrected chi connectivity index (χ0v) is 14.4. The molecule has 1 aliphatic heterocycles. The number of hydrogen-bond donors (Lipinski definition) is 2. The van der Waals surface area contributed by atoms with Gasteiger partial charge in [0.05, 0.1) is 18.4 Å². The maximum atomic E-state index is 12.1. The number of anilines is 1. The fourth-order valence-corrected chi connectivity index (χ4v) is 2.87. The Hall–Kier alpha value is -2.44. The van der Waals surface area contributed by atoms with Gasteiger partial charge in [0, 0.05) is 43.6 Å². The molecule has 1 aliphatic rings. The van der Waals surface area contributed by atoms with Gasteiger partial charge in [0.1, 0.15) is 0 Å². The summed E-state index contributed by atoms with van der Waals surface area (Å²) in [6.07, 6.45) is 1.96. The van der Waals surface area contributed by atoms with Crippen LogP contribution in [0.25, 0.3) is 11.3 Å². The van der Waals surface area contributed by atoms with Gasteiger partial charge < -0.3 is 15.4 Å². The summed E-state index contributed by atoms with van der Waals surface area (Å²) in [4.78, 5) is 18.7. The van der Waals surface area contributed by atoms with Crippen molar-refractivity contribution in [1.82, 2.24) is 15.2 Å². The van der Waals surface area contributed by atoms with E-state index in [0.29, 0.717) is 6.54 Å². The van der Waals surface area contributed by atoms with Gasteiger partial charge in [-0.25, -0.2) is 4.79 Å². The van der Waals surface area contributed by atoms with Crippen LogP contribution in [0.4, 0.5) is 10.5 Å². The second kappa shape index (κ2) is 8.60. The standard InChI is InChI=1S/C19H24N4O2/c1-15-14-23(11-12-25-15)10-9-21-19(24)22-17-7-8-20-18(13-17)16-5-3-2-4-6-16/h2-8,13,15H,9-12,14H2,1H3,(H2,20,21,22,24). The summed E-state index contributed by atoms with van der Waals surface area (Å²) in [5.74, 6) is 0. The van der Waals surface area contributed by atoms with E-state index in [1.807, 2.05) is 36.4 Å². The van der Waals surface area contributed by atoms with E-state index in [0.717, 1.165) is 43.2 Å². The molecule has 1 unspecified atom stereocenters. The number of amides is 2. The molecule has 1 saturated heterocycles. The number of benzene rings is 1. The summed E-state index contributed by atoms with van der Waals surface area (Å²) in [7, 11) is 0. The zero-order chi connectivity index (χ0) is 17.5. The van der Waals surface area contributed by atoms with E-state index in [-0.39, 0.29) is 12.1 Å². The number of nitrogens with zero attached hydrogens (tertiary/aromatic N) is 2. The minimum absolute atomic E-state index is 0.202. The Bertz CT molecular complexity index is 693. The fourth-order valence-electron chi connectivity index (χ4n) is 2.87. The summed E-state index contributed by atoms with van der Waals surface area (Å²) < 4.78 is 5.51. The van der Waals surface area contributed by atoms with Crippen LogP contribution in [0, 0.1) is 0 Å². The van der Waals surface area contributed by atoms with Gasteiger partial charge in [-0.15, -0.1) is 0 Å². The minimum Gasteiger partial charge on any atom is -0.376 e. The third-order valence-electron chi connectivity index (χ3n) is 4.13. The molecule has 0 saturated carbocycles. The van der Waals surface area contributed by atoms with Crippen molar-refractivity contribution in [3.63, 3.8) is 0 Å². The van der Waals surface area contributed by atoms with E-state index >= 15 is 0 Å². The number of nitrogens with one attached hydrogen (secondary N) is 2. The van der Waals surface area contributed by atoms with Gasteiger partial charge in [0.15, 0.2) is 0 Å². The van der Waals surface area contributed by atoms with Crippen LogP contribution in [-0.2, 0) is 4.74 Å². The predicted octanol–water partition coefficient (Wildman–Crippen LogP) is 2.59. The molecule has 2 aromatic rings. The molecule has 1 atom stereocenters. The highest BCUT2D eigenvalue weighted by Crippen LogP contribution is 2.19. The molecule has 1 aromatic carbocycles. The first-order valence-electron chi connectivity index (χ1n) is 8.61. The summed E-state index contributed by atoms with van der Waals surface area (Å²) in [5, 5.41) is 5.76. The number of carbonyl (C=O) groups excluding carboxylic acids is 1. The van der Waals surface area contributed by atoms with Gasteiger partial charge in [-0.05, 0) is 19.1 Å². The van der Waals surface area contributed by atoms with Crippen molar-refractivity contribution in [2.75, 3.05) is 38.1 Å². The molecule has 0 spiro atoms. The number of aromatic nitrogens is 1. The van der Waals surface area contributed by atoms with Crippen LogP contribution >= 0.6 is 0 Å². The molecule has 0 aliphatic carbocycles. The lowest BCUT2D eigenvalue weighted by Crippen LogP contribution is -2.45.